The van der Waals surface area contributed by atoms with Crippen molar-refractivity contribution in [2.24, 2.45) is 11.7 Å². The summed E-state index contributed by atoms with van der Waals surface area (Å²) in [5.74, 6) is 1.47. The van der Waals surface area contributed by atoms with Crippen molar-refractivity contribution in [2.45, 2.75) is 37.1 Å². The van der Waals surface area contributed by atoms with Crippen molar-refractivity contribution in [1.82, 2.24) is 5.32 Å². The number of nitrogens with two attached hydrogens (primary N) is 1. The number of carbonyl (C=O) groups excluding carboxylic acids is 1. The molecule has 0 aromatic heterocycles. The first-order valence-corrected chi connectivity index (χ1v) is 7.82. The van der Waals surface area contributed by atoms with Gasteiger partial charge in [-0.1, -0.05) is 32.0 Å². The van der Waals surface area contributed by atoms with Gasteiger partial charge in [0.15, 0.2) is 0 Å². The minimum Gasteiger partial charge on any atom is -0.352 e. The molecule has 5 heteroatoms. The molecule has 2 unspecified atom stereocenters. The quantitative estimate of drug-likeness (QED) is 0.878. The highest BCUT2D eigenvalue weighted by molar-refractivity contribution is 7.99. The lowest BCUT2D eigenvalue weighted by atomic mass is 9.98. The number of nitrogens with one attached hydrogen (secondary N) is 1. The third-order valence-corrected chi connectivity index (χ3v) is 4.59. The molecule has 0 spiro atoms. The molecule has 112 valence electrons. The molecule has 1 aromatic carbocycles. The van der Waals surface area contributed by atoms with Crippen molar-refractivity contribution >= 4 is 30.1 Å². The van der Waals surface area contributed by atoms with Gasteiger partial charge >= 0.3 is 0 Å². The van der Waals surface area contributed by atoms with Gasteiger partial charge in [-0.15, -0.1) is 24.2 Å². The monoisotopic (exact) mass is 314 g/mol. The number of fused-ring (bicyclic) bond motifs is 1. The first-order valence-electron chi connectivity index (χ1n) is 6.84. The Hall–Kier alpha value is -0.710. The fraction of sp³-hybridized carbons (Fsp3) is 0.533. The summed E-state index contributed by atoms with van der Waals surface area (Å²) in [4.78, 5) is 13.6. The van der Waals surface area contributed by atoms with E-state index in [0.29, 0.717) is 12.5 Å². The summed E-state index contributed by atoms with van der Waals surface area (Å²) in [7, 11) is 0. The number of thioether (sulfide) groups is 1. The number of halogens is 1. The van der Waals surface area contributed by atoms with Gasteiger partial charge in [0.05, 0.1) is 5.92 Å². The number of carbonyl (C=O) groups is 1. The van der Waals surface area contributed by atoms with Gasteiger partial charge in [-0.3, -0.25) is 4.79 Å². The highest BCUT2D eigenvalue weighted by Crippen LogP contribution is 2.39. The van der Waals surface area contributed by atoms with Crippen LogP contribution in [-0.2, 0) is 4.79 Å². The zero-order chi connectivity index (χ0) is 13.8. The van der Waals surface area contributed by atoms with Crippen LogP contribution in [0.15, 0.2) is 29.2 Å². The Bertz CT molecular complexity index is 453. The van der Waals surface area contributed by atoms with Crippen molar-refractivity contribution < 1.29 is 4.79 Å². The molecule has 0 saturated heterocycles. The maximum atomic E-state index is 12.4. The van der Waals surface area contributed by atoms with Crippen LogP contribution in [0.5, 0.6) is 0 Å². The number of rotatable bonds is 5. The van der Waals surface area contributed by atoms with Gasteiger partial charge in [-0.2, -0.15) is 0 Å². The normalized spacial score (nSPS) is 18.3. The van der Waals surface area contributed by atoms with E-state index in [4.69, 9.17) is 5.73 Å². The van der Waals surface area contributed by atoms with E-state index < -0.39 is 0 Å². The Labute approximate surface area is 131 Å². The smallest absolute Gasteiger partial charge is 0.228 e. The van der Waals surface area contributed by atoms with E-state index in [0.717, 1.165) is 17.7 Å². The highest BCUT2D eigenvalue weighted by Gasteiger charge is 2.29. The summed E-state index contributed by atoms with van der Waals surface area (Å²) in [6, 6.07) is 8.25. The van der Waals surface area contributed by atoms with Gasteiger partial charge < -0.3 is 11.1 Å². The first kappa shape index (κ1) is 17.3. The molecular weight excluding hydrogens is 292 g/mol. The molecule has 1 amide bonds. The molecule has 0 bridgehead atoms. The number of hydrogen-bond acceptors (Lipinski definition) is 3. The minimum absolute atomic E-state index is 0. The summed E-state index contributed by atoms with van der Waals surface area (Å²) in [6.45, 7) is 4.80. The molecule has 2 atom stereocenters. The highest BCUT2D eigenvalue weighted by atomic mass is 35.5. The van der Waals surface area contributed by atoms with Crippen LogP contribution in [-0.4, -0.2) is 24.2 Å². The van der Waals surface area contributed by atoms with E-state index >= 15 is 0 Å². The molecule has 0 aliphatic carbocycles. The van der Waals surface area contributed by atoms with Crippen molar-refractivity contribution in [3.63, 3.8) is 0 Å². The zero-order valence-corrected chi connectivity index (χ0v) is 13.6. The SMILES string of the molecule is CC(C)CC(CN)NC(=O)C1CSc2ccccc21.Cl. The maximum Gasteiger partial charge on any atom is 0.228 e. The molecule has 3 N–H and O–H groups in total. The number of benzene rings is 1. The summed E-state index contributed by atoms with van der Waals surface area (Å²) in [5, 5.41) is 3.10. The molecule has 1 heterocycles. The number of hydrogen-bond donors (Lipinski definition) is 2. The molecule has 20 heavy (non-hydrogen) atoms. The molecule has 1 aliphatic heterocycles. The Morgan fingerprint density at radius 1 is 1.45 bits per heavy atom. The van der Waals surface area contributed by atoms with Crippen LogP contribution < -0.4 is 11.1 Å². The van der Waals surface area contributed by atoms with Crippen molar-refractivity contribution in [3.8, 4) is 0 Å². The van der Waals surface area contributed by atoms with Gasteiger partial charge in [-0.05, 0) is 24.0 Å². The fourth-order valence-electron chi connectivity index (χ4n) is 2.46. The van der Waals surface area contributed by atoms with E-state index in [1.165, 1.54) is 4.90 Å². The van der Waals surface area contributed by atoms with Gasteiger partial charge in [0.2, 0.25) is 5.91 Å². The van der Waals surface area contributed by atoms with E-state index in [9.17, 15) is 4.79 Å². The second kappa shape index (κ2) is 7.91. The third-order valence-electron chi connectivity index (χ3n) is 3.40. The Morgan fingerprint density at radius 2 is 2.15 bits per heavy atom. The molecule has 0 fully saturated rings. The lowest BCUT2D eigenvalue weighted by molar-refractivity contribution is -0.122. The molecule has 3 nitrogen and oxygen atoms in total. The maximum absolute atomic E-state index is 12.4. The Morgan fingerprint density at radius 3 is 2.80 bits per heavy atom. The second-order valence-corrected chi connectivity index (χ2v) is 6.53. The largest absolute Gasteiger partial charge is 0.352 e. The fourth-order valence-corrected chi connectivity index (χ4v) is 3.69. The third kappa shape index (κ3) is 4.14. The van der Waals surface area contributed by atoms with Gasteiger partial charge in [0.25, 0.3) is 0 Å². The van der Waals surface area contributed by atoms with Crippen LogP contribution in [0.2, 0.25) is 0 Å². The summed E-state index contributed by atoms with van der Waals surface area (Å²) >= 11 is 1.76. The van der Waals surface area contributed by atoms with E-state index in [1.54, 1.807) is 11.8 Å². The van der Waals surface area contributed by atoms with Crippen LogP contribution in [0.25, 0.3) is 0 Å². The van der Waals surface area contributed by atoms with E-state index in [-0.39, 0.29) is 30.3 Å². The molecule has 0 radical (unpaired) electrons. The van der Waals surface area contributed by atoms with Crippen LogP contribution >= 0.6 is 24.2 Å². The van der Waals surface area contributed by atoms with Crippen LogP contribution in [0, 0.1) is 5.92 Å². The summed E-state index contributed by atoms with van der Waals surface area (Å²) in [6.07, 6.45) is 0.934. The first-order chi connectivity index (χ1) is 9.11. The average Bonchev–Trinajstić information content (AvgIpc) is 2.81. The standard InChI is InChI=1S/C15H22N2OS.ClH/c1-10(2)7-11(8-16)17-15(18)13-9-19-14-6-4-3-5-12(13)14;/h3-6,10-11,13H,7-9,16H2,1-2H3,(H,17,18);1H. The lowest BCUT2D eigenvalue weighted by Gasteiger charge is -2.21. The van der Waals surface area contributed by atoms with Crippen LogP contribution in [0.4, 0.5) is 0 Å². The Kier molecular flexibility index (Phi) is 6.86. The van der Waals surface area contributed by atoms with Crippen molar-refractivity contribution in [1.29, 1.82) is 0 Å². The predicted octanol–water partition coefficient (Wildman–Crippen LogP) is 2.79. The van der Waals surface area contributed by atoms with Crippen LogP contribution in [0.1, 0.15) is 31.7 Å². The van der Waals surface area contributed by atoms with E-state index in [2.05, 4.69) is 31.3 Å². The van der Waals surface area contributed by atoms with Crippen LogP contribution in [0.3, 0.4) is 0 Å². The minimum atomic E-state index is -0.0255. The van der Waals surface area contributed by atoms with Gasteiger partial charge in [0, 0.05) is 23.2 Å². The van der Waals surface area contributed by atoms with Crippen molar-refractivity contribution in [3.05, 3.63) is 29.8 Å². The Balaban J connectivity index is 0.00000200. The predicted molar refractivity (Wildman–Crippen MR) is 87.6 cm³/mol. The van der Waals surface area contributed by atoms with Gasteiger partial charge in [-0.25, -0.2) is 0 Å². The molecule has 1 aromatic rings. The van der Waals surface area contributed by atoms with Gasteiger partial charge in [0.1, 0.15) is 0 Å². The second-order valence-electron chi connectivity index (χ2n) is 5.47. The molecule has 0 saturated carbocycles. The summed E-state index contributed by atoms with van der Waals surface area (Å²) < 4.78 is 0. The number of amides is 1. The molecule has 1 aliphatic rings. The molecular formula is C15H23ClN2OS. The van der Waals surface area contributed by atoms with E-state index in [1.807, 2.05) is 12.1 Å². The van der Waals surface area contributed by atoms with Crippen molar-refractivity contribution in [2.75, 3.05) is 12.3 Å². The lowest BCUT2D eigenvalue weighted by Crippen LogP contribution is -2.43. The zero-order valence-electron chi connectivity index (χ0n) is 12.0. The summed E-state index contributed by atoms with van der Waals surface area (Å²) in [5.41, 5.74) is 6.90. The topological polar surface area (TPSA) is 55.1 Å². The average molecular weight is 315 g/mol. The molecule has 2 rings (SSSR count).